The van der Waals surface area contributed by atoms with Crippen LogP contribution in [0.2, 0.25) is 13.1 Å². The van der Waals surface area contributed by atoms with Gasteiger partial charge in [0.25, 0.3) is 8.48 Å². The first kappa shape index (κ1) is 9.14. The Morgan fingerprint density at radius 1 is 1.44 bits per heavy atom. The number of hydrogen-bond acceptors (Lipinski definition) is 2. The Morgan fingerprint density at radius 2 is 2.00 bits per heavy atom. The van der Waals surface area contributed by atoms with E-state index in [0.29, 0.717) is 0 Å². The van der Waals surface area contributed by atoms with Gasteiger partial charge in [-0.25, -0.2) is 0 Å². The van der Waals surface area contributed by atoms with Crippen molar-refractivity contribution in [3.8, 4) is 0 Å². The van der Waals surface area contributed by atoms with Crippen LogP contribution in [-0.2, 0) is 0 Å². The van der Waals surface area contributed by atoms with Crippen molar-refractivity contribution in [2.75, 3.05) is 6.54 Å². The van der Waals surface area contributed by atoms with Gasteiger partial charge in [0.15, 0.2) is 0 Å². The predicted molar refractivity (Wildman–Crippen MR) is 42.6 cm³/mol. The maximum absolute atomic E-state index is 9.27. The second-order valence-electron chi connectivity index (χ2n) is 2.84. The molecule has 0 saturated heterocycles. The summed E-state index contributed by atoms with van der Waals surface area (Å²) in [6.45, 7) is 6.89. The Kier molecular flexibility index (Phi) is 4.09. The summed E-state index contributed by atoms with van der Waals surface area (Å²) in [5, 5.41) is 0. The second kappa shape index (κ2) is 4.03. The molecule has 56 valence electrons. The molecular weight excluding hydrogens is 130 g/mol. The molecule has 0 aliphatic rings. The van der Waals surface area contributed by atoms with Gasteiger partial charge in [0.05, 0.1) is 0 Å². The lowest BCUT2D eigenvalue weighted by molar-refractivity contribution is 0.520. The molecule has 3 heteroatoms. The summed E-state index contributed by atoms with van der Waals surface area (Å²) in [7, 11) is -1.94. The van der Waals surface area contributed by atoms with Gasteiger partial charge in [-0.3, -0.25) is 0 Å². The van der Waals surface area contributed by atoms with Crippen LogP contribution in [0.5, 0.6) is 0 Å². The highest BCUT2D eigenvalue weighted by molar-refractivity contribution is 6.67. The molecule has 0 unspecified atom stereocenters. The molecule has 0 heterocycles. The van der Waals surface area contributed by atoms with Crippen molar-refractivity contribution >= 4 is 8.48 Å². The molecule has 0 bridgehead atoms. The maximum Gasteiger partial charge on any atom is 0.259 e. The lowest BCUT2D eigenvalue weighted by Gasteiger charge is -2.14. The van der Waals surface area contributed by atoms with Gasteiger partial charge >= 0.3 is 0 Å². The smallest absolute Gasteiger partial charge is 0.259 e. The van der Waals surface area contributed by atoms with Crippen LogP contribution in [0, 0.1) is 0 Å². The first-order valence-electron chi connectivity index (χ1n) is 3.53. The maximum atomic E-state index is 9.27. The number of rotatable bonds is 4. The topological polar surface area (TPSA) is 32.3 Å². The zero-order chi connectivity index (χ0) is 7.33. The molecule has 0 aliphatic heterocycles. The van der Waals surface area contributed by atoms with E-state index >= 15 is 0 Å². The Hall–Kier alpha value is 0.137. The van der Waals surface area contributed by atoms with Crippen molar-refractivity contribution in [3.05, 3.63) is 0 Å². The lowest BCUT2D eigenvalue weighted by Crippen LogP contribution is -2.45. The molecular formula is C6H17NOSi. The average molecular weight is 147 g/mol. The van der Waals surface area contributed by atoms with Gasteiger partial charge in [-0.15, -0.1) is 0 Å². The molecule has 0 rings (SSSR count). The van der Waals surface area contributed by atoms with E-state index in [1.165, 1.54) is 6.42 Å². The molecule has 0 saturated carbocycles. The number of unbranched alkanes of at least 4 members (excludes halogenated alkanes) is 1. The first-order chi connectivity index (χ1) is 4.06. The van der Waals surface area contributed by atoms with Crippen LogP contribution in [0.3, 0.4) is 0 Å². The molecule has 0 aromatic heterocycles. The van der Waals surface area contributed by atoms with Crippen molar-refractivity contribution in [2.24, 2.45) is 0 Å². The Bertz CT molecular complexity index is 69.9. The summed E-state index contributed by atoms with van der Waals surface area (Å²) in [6.07, 6.45) is 2.36. The standard InChI is InChI=1S/C6H17NOSi/c1-4-5-6-7-9(2,3)8/h7-8H,4-6H2,1-3H3. The summed E-state index contributed by atoms with van der Waals surface area (Å²) in [5.74, 6) is 0. The molecule has 2 N–H and O–H groups in total. The summed E-state index contributed by atoms with van der Waals surface area (Å²) in [5.41, 5.74) is 0. The summed E-state index contributed by atoms with van der Waals surface area (Å²) in [6, 6.07) is 0. The van der Waals surface area contributed by atoms with Crippen LogP contribution in [0.1, 0.15) is 19.8 Å². The van der Waals surface area contributed by atoms with E-state index in [-0.39, 0.29) is 0 Å². The second-order valence-corrected chi connectivity index (χ2v) is 6.31. The van der Waals surface area contributed by atoms with Gasteiger partial charge in [-0.1, -0.05) is 13.3 Å². The first-order valence-corrected chi connectivity index (χ1v) is 6.48. The van der Waals surface area contributed by atoms with Crippen molar-refractivity contribution < 1.29 is 4.80 Å². The van der Waals surface area contributed by atoms with Gasteiger partial charge in [-0.05, 0) is 26.1 Å². The van der Waals surface area contributed by atoms with Crippen LogP contribution in [-0.4, -0.2) is 19.8 Å². The monoisotopic (exact) mass is 147 g/mol. The van der Waals surface area contributed by atoms with E-state index in [1.807, 2.05) is 13.1 Å². The van der Waals surface area contributed by atoms with Gasteiger partial charge in [-0.2, -0.15) is 0 Å². The SMILES string of the molecule is CCCCN[Si](C)(C)O. The highest BCUT2D eigenvalue weighted by Gasteiger charge is 2.14. The fourth-order valence-electron chi connectivity index (χ4n) is 0.571. The van der Waals surface area contributed by atoms with E-state index in [9.17, 15) is 4.80 Å². The van der Waals surface area contributed by atoms with E-state index < -0.39 is 8.48 Å². The fourth-order valence-corrected chi connectivity index (χ4v) is 1.36. The van der Waals surface area contributed by atoms with Gasteiger partial charge in [0.1, 0.15) is 0 Å². The Balaban J connectivity index is 3.07. The normalized spacial score (nSPS) is 12.0. The van der Waals surface area contributed by atoms with E-state index in [4.69, 9.17) is 0 Å². The largest absolute Gasteiger partial charge is 0.419 e. The van der Waals surface area contributed by atoms with Crippen molar-refractivity contribution in [2.45, 2.75) is 32.9 Å². The van der Waals surface area contributed by atoms with Crippen molar-refractivity contribution in [1.82, 2.24) is 4.98 Å². The molecule has 0 aliphatic carbocycles. The molecule has 0 spiro atoms. The van der Waals surface area contributed by atoms with Crippen molar-refractivity contribution in [1.29, 1.82) is 0 Å². The summed E-state index contributed by atoms with van der Waals surface area (Å²) >= 11 is 0. The minimum Gasteiger partial charge on any atom is -0.419 e. The molecule has 0 amide bonds. The highest BCUT2D eigenvalue weighted by atomic mass is 28.4. The van der Waals surface area contributed by atoms with Gasteiger partial charge in [0, 0.05) is 0 Å². The summed E-state index contributed by atoms with van der Waals surface area (Å²) < 4.78 is 0. The van der Waals surface area contributed by atoms with Crippen LogP contribution in [0.4, 0.5) is 0 Å². The van der Waals surface area contributed by atoms with E-state index in [0.717, 1.165) is 13.0 Å². The van der Waals surface area contributed by atoms with Crippen LogP contribution < -0.4 is 4.98 Å². The van der Waals surface area contributed by atoms with Crippen LogP contribution in [0.15, 0.2) is 0 Å². The van der Waals surface area contributed by atoms with Gasteiger partial charge < -0.3 is 9.78 Å². The van der Waals surface area contributed by atoms with Gasteiger partial charge in [0.2, 0.25) is 0 Å². The highest BCUT2D eigenvalue weighted by Crippen LogP contribution is 1.90. The Morgan fingerprint density at radius 3 is 2.33 bits per heavy atom. The number of nitrogens with one attached hydrogen (secondary N) is 1. The molecule has 9 heavy (non-hydrogen) atoms. The minimum absolute atomic E-state index is 0.965. The third-order valence-electron chi connectivity index (χ3n) is 1.09. The molecule has 0 radical (unpaired) electrons. The van der Waals surface area contributed by atoms with Crippen LogP contribution >= 0.6 is 0 Å². The Labute approximate surface area is 58.5 Å². The average Bonchev–Trinajstić information content (AvgIpc) is 1.63. The van der Waals surface area contributed by atoms with E-state index in [1.54, 1.807) is 0 Å². The lowest BCUT2D eigenvalue weighted by atomic mass is 10.3. The fraction of sp³-hybridized carbons (Fsp3) is 1.00. The molecule has 0 aromatic carbocycles. The molecule has 0 atom stereocenters. The zero-order valence-corrected chi connectivity index (χ0v) is 7.57. The zero-order valence-electron chi connectivity index (χ0n) is 6.57. The molecule has 0 fully saturated rings. The quantitative estimate of drug-likeness (QED) is 0.460. The molecule has 2 nitrogen and oxygen atoms in total. The van der Waals surface area contributed by atoms with Crippen molar-refractivity contribution in [3.63, 3.8) is 0 Å². The third-order valence-corrected chi connectivity index (χ3v) is 2.20. The number of hydrogen-bond donors (Lipinski definition) is 2. The summed E-state index contributed by atoms with van der Waals surface area (Å²) in [4.78, 5) is 12.4. The minimum atomic E-state index is -1.94. The third kappa shape index (κ3) is 8.14. The van der Waals surface area contributed by atoms with E-state index in [2.05, 4.69) is 11.9 Å². The molecule has 0 aromatic rings. The van der Waals surface area contributed by atoms with Crippen LogP contribution in [0.25, 0.3) is 0 Å². The predicted octanol–water partition coefficient (Wildman–Crippen LogP) is 1.07.